The number of ether oxygens (including phenoxy) is 1. The van der Waals surface area contributed by atoms with E-state index in [9.17, 15) is 0 Å². The molecule has 0 spiro atoms. The number of alkyl halides is 1. The first-order valence-corrected chi connectivity index (χ1v) is 7.16. The van der Waals surface area contributed by atoms with E-state index >= 15 is 0 Å². The summed E-state index contributed by atoms with van der Waals surface area (Å²) in [5.74, 6) is 1.52. The lowest BCUT2D eigenvalue weighted by molar-refractivity contribution is 0.483. The van der Waals surface area contributed by atoms with Crippen molar-refractivity contribution in [2.45, 2.75) is 5.88 Å². The lowest BCUT2D eigenvalue weighted by Crippen LogP contribution is -1.88. The third-order valence-corrected chi connectivity index (χ3v) is 3.66. The van der Waals surface area contributed by atoms with Crippen molar-refractivity contribution in [3.05, 3.63) is 56.5 Å². The number of hydrogen-bond donors (Lipinski definition) is 0. The molecule has 0 N–H and O–H groups in total. The molecule has 0 saturated heterocycles. The molecule has 0 radical (unpaired) electrons. The fourth-order valence-electron chi connectivity index (χ4n) is 1.39. The molecule has 0 aliphatic heterocycles. The Morgan fingerprint density at radius 3 is 2.11 bits per heavy atom. The summed E-state index contributed by atoms with van der Waals surface area (Å²) in [5, 5.41) is 1.02. The Bertz CT molecular complexity index is 572. The van der Waals surface area contributed by atoms with Crippen molar-refractivity contribution in [1.29, 1.82) is 0 Å². The van der Waals surface area contributed by atoms with Crippen LogP contribution in [0.2, 0.25) is 10.0 Å². The number of hydrogen-bond acceptors (Lipinski definition) is 1. The largest absolute Gasteiger partial charge is 0.454 e. The fraction of sp³-hybridized carbons (Fsp3) is 0.0769. The van der Waals surface area contributed by atoms with Crippen LogP contribution in [0.4, 0.5) is 0 Å². The van der Waals surface area contributed by atoms with Crippen LogP contribution in [0.3, 0.4) is 0 Å². The molecule has 94 valence electrons. The van der Waals surface area contributed by atoms with Gasteiger partial charge in [0.05, 0.1) is 10.0 Å². The van der Waals surface area contributed by atoms with Gasteiger partial charge in [0, 0.05) is 10.4 Å². The van der Waals surface area contributed by atoms with Gasteiger partial charge in [0.15, 0.2) is 0 Å². The van der Waals surface area contributed by atoms with Crippen LogP contribution in [0.25, 0.3) is 0 Å². The first kappa shape index (κ1) is 14.0. The first-order valence-electron chi connectivity index (χ1n) is 5.07. The zero-order chi connectivity index (χ0) is 13.1. The third-order valence-electron chi connectivity index (χ3n) is 2.26. The predicted octanol–water partition coefficient (Wildman–Crippen LogP) is 6.29. The van der Waals surface area contributed by atoms with E-state index in [-0.39, 0.29) is 0 Å². The maximum atomic E-state index is 6.11. The maximum absolute atomic E-state index is 6.11. The van der Waals surface area contributed by atoms with Gasteiger partial charge in [-0.15, -0.1) is 11.6 Å². The Balaban J connectivity index is 2.28. The van der Waals surface area contributed by atoms with Crippen molar-refractivity contribution < 1.29 is 4.74 Å². The van der Waals surface area contributed by atoms with E-state index in [0.717, 1.165) is 10.0 Å². The third kappa shape index (κ3) is 3.33. The topological polar surface area (TPSA) is 9.23 Å². The van der Waals surface area contributed by atoms with Crippen LogP contribution in [0.15, 0.2) is 40.9 Å². The minimum atomic E-state index is 0.416. The van der Waals surface area contributed by atoms with Crippen molar-refractivity contribution in [3.8, 4) is 11.5 Å². The lowest BCUT2D eigenvalue weighted by atomic mass is 10.2. The van der Waals surface area contributed by atoms with Gasteiger partial charge in [-0.1, -0.05) is 45.2 Å². The van der Waals surface area contributed by atoms with Gasteiger partial charge < -0.3 is 4.74 Å². The molecule has 0 heterocycles. The standard InChI is InChI=1S/C13H8BrCl3O/c14-9-2-4-13(11(17)6-9)18-12-3-1-8(7-15)5-10(12)16/h1-6H,7H2. The Morgan fingerprint density at radius 2 is 1.56 bits per heavy atom. The first-order chi connectivity index (χ1) is 8.60. The van der Waals surface area contributed by atoms with E-state index in [0.29, 0.717) is 27.4 Å². The lowest BCUT2D eigenvalue weighted by Gasteiger charge is -2.10. The van der Waals surface area contributed by atoms with Crippen molar-refractivity contribution in [2.75, 3.05) is 0 Å². The Hall–Kier alpha value is -0.410. The molecule has 0 fully saturated rings. The van der Waals surface area contributed by atoms with Gasteiger partial charge in [0.1, 0.15) is 11.5 Å². The summed E-state index contributed by atoms with van der Waals surface area (Å²) >= 11 is 21.2. The molecule has 0 aliphatic rings. The Morgan fingerprint density at radius 1 is 0.944 bits per heavy atom. The highest BCUT2D eigenvalue weighted by molar-refractivity contribution is 9.10. The molecule has 0 aromatic heterocycles. The SMILES string of the molecule is ClCc1ccc(Oc2ccc(Br)cc2Cl)c(Cl)c1. The molecule has 2 aromatic rings. The van der Waals surface area contributed by atoms with Crippen molar-refractivity contribution in [3.63, 3.8) is 0 Å². The van der Waals surface area contributed by atoms with Crippen LogP contribution in [0, 0.1) is 0 Å². The molecule has 0 saturated carbocycles. The molecule has 18 heavy (non-hydrogen) atoms. The summed E-state index contributed by atoms with van der Waals surface area (Å²) in [6, 6.07) is 10.8. The summed E-state index contributed by atoms with van der Waals surface area (Å²) in [7, 11) is 0. The quantitative estimate of drug-likeness (QED) is 0.580. The van der Waals surface area contributed by atoms with Crippen LogP contribution in [-0.4, -0.2) is 0 Å². The second kappa shape index (κ2) is 6.16. The number of rotatable bonds is 3. The van der Waals surface area contributed by atoms with Crippen molar-refractivity contribution in [2.24, 2.45) is 0 Å². The molecule has 0 bridgehead atoms. The summed E-state index contributed by atoms with van der Waals surface area (Å²) < 4.78 is 6.56. The molecule has 0 unspecified atom stereocenters. The van der Waals surface area contributed by atoms with Crippen molar-refractivity contribution >= 4 is 50.7 Å². The molecule has 0 amide bonds. The second-order valence-electron chi connectivity index (χ2n) is 3.58. The van der Waals surface area contributed by atoms with Gasteiger partial charge >= 0.3 is 0 Å². The van der Waals surface area contributed by atoms with Gasteiger partial charge in [-0.2, -0.15) is 0 Å². The zero-order valence-corrected chi connectivity index (χ0v) is 12.9. The molecular formula is C13H8BrCl3O. The van der Waals surface area contributed by atoms with Crippen LogP contribution in [0.1, 0.15) is 5.56 Å². The molecule has 0 atom stereocenters. The summed E-state index contributed by atoms with van der Waals surface area (Å²) in [4.78, 5) is 0. The second-order valence-corrected chi connectivity index (χ2v) is 5.57. The zero-order valence-electron chi connectivity index (χ0n) is 9.09. The average Bonchev–Trinajstić information content (AvgIpc) is 2.34. The minimum absolute atomic E-state index is 0.416. The van der Waals surface area contributed by atoms with Gasteiger partial charge in [-0.25, -0.2) is 0 Å². The van der Waals surface area contributed by atoms with Gasteiger partial charge in [-0.05, 0) is 35.9 Å². The van der Waals surface area contributed by atoms with Gasteiger partial charge in [0.25, 0.3) is 0 Å². The van der Waals surface area contributed by atoms with Crippen LogP contribution < -0.4 is 4.74 Å². The molecule has 2 aromatic carbocycles. The molecular weight excluding hydrogens is 358 g/mol. The number of halogens is 4. The fourth-order valence-corrected chi connectivity index (χ4v) is 2.51. The van der Waals surface area contributed by atoms with Crippen molar-refractivity contribution in [1.82, 2.24) is 0 Å². The van der Waals surface area contributed by atoms with Gasteiger partial charge in [0.2, 0.25) is 0 Å². The highest BCUT2D eigenvalue weighted by Gasteiger charge is 2.07. The van der Waals surface area contributed by atoms with E-state index in [1.807, 2.05) is 12.1 Å². The number of benzene rings is 2. The van der Waals surface area contributed by atoms with Crippen LogP contribution >= 0.6 is 50.7 Å². The molecule has 5 heteroatoms. The normalized spacial score (nSPS) is 10.4. The molecule has 0 aliphatic carbocycles. The van der Waals surface area contributed by atoms with E-state index in [1.165, 1.54) is 0 Å². The van der Waals surface area contributed by atoms with Crippen LogP contribution in [-0.2, 0) is 5.88 Å². The smallest absolute Gasteiger partial charge is 0.146 e. The van der Waals surface area contributed by atoms with E-state index in [2.05, 4.69) is 15.9 Å². The minimum Gasteiger partial charge on any atom is -0.454 e. The monoisotopic (exact) mass is 364 g/mol. The Kier molecular flexibility index (Phi) is 4.79. The van der Waals surface area contributed by atoms with Crippen LogP contribution in [0.5, 0.6) is 11.5 Å². The predicted molar refractivity (Wildman–Crippen MR) is 80.2 cm³/mol. The van der Waals surface area contributed by atoms with E-state index in [4.69, 9.17) is 39.5 Å². The van der Waals surface area contributed by atoms with E-state index < -0.39 is 0 Å². The average molecular weight is 366 g/mol. The summed E-state index contributed by atoms with van der Waals surface area (Å²) in [5.41, 5.74) is 0.941. The molecule has 2 rings (SSSR count). The summed E-state index contributed by atoms with van der Waals surface area (Å²) in [6.45, 7) is 0. The Labute approximate surface area is 129 Å². The highest BCUT2D eigenvalue weighted by atomic mass is 79.9. The maximum Gasteiger partial charge on any atom is 0.146 e. The van der Waals surface area contributed by atoms with Gasteiger partial charge in [-0.3, -0.25) is 0 Å². The summed E-state index contributed by atoms with van der Waals surface area (Å²) in [6.07, 6.45) is 0. The highest BCUT2D eigenvalue weighted by Crippen LogP contribution is 2.35. The molecule has 1 nitrogen and oxygen atoms in total. The van der Waals surface area contributed by atoms with E-state index in [1.54, 1.807) is 24.3 Å².